The first-order chi connectivity index (χ1) is 9.17. The lowest BCUT2D eigenvalue weighted by Crippen LogP contribution is -2.60. The fourth-order valence-electron chi connectivity index (χ4n) is 3.85. The maximum absolute atomic E-state index is 3.81. The van der Waals surface area contributed by atoms with Gasteiger partial charge in [-0.05, 0) is 39.9 Å². The lowest BCUT2D eigenvalue weighted by molar-refractivity contribution is 0.0530. The maximum atomic E-state index is 3.81. The summed E-state index contributed by atoms with van der Waals surface area (Å²) >= 11 is 0. The van der Waals surface area contributed by atoms with Crippen molar-refractivity contribution in [3.05, 3.63) is 0 Å². The van der Waals surface area contributed by atoms with Gasteiger partial charge in [0.05, 0.1) is 0 Å². The van der Waals surface area contributed by atoms with E-state index in [0.29, 0.717) is 11.6 Å². The van der Waals surface area contributed by atoms with Crippen LogP contribution in [0.15, 0.2) is 0 Å². The average molecular weight is 268 g/mol. The molecule has 1 aliphatic rings. The van der Waals surface area contributed by atoms with Gasteiger partial charge in [0, 0.05) is 11.6 Å². The van der Waals surface area contributed by atoms with Crippen molar-refractivity contribution in [1.29, 1.82) is 0 Å². The van der Waals surface area contributed by atoms with Crippen LogP contribution in [0.4, 0.5) is 0 Å². The Morgan fingerprint density at radius 3 is 2.21 bits per heavy atom. The van der Waals surface area contributed by atoms with Crippen LogP contribution in [0, 0.1) is 0 Å². The van der Waals surface area contributed by atoms with Crippen LogP contribution in [0.25, 0.3) is 0 Å². The highest BCUT2D eigenvalue weighted by Gasteiger charge is 2.40. The molecular weight excluding hydrogens is 232 g/mol. The van der Waals surface area contributed by atoms with Gasteiger partial charge < -0.3 is 10.2 Å². The molecule has 2 nitrogen and oxygen atoms in total. The lowest BCUT2D eigenvalue weighted by atomic mass is 9.73. The number of nitrogens with zero attached hydrogens (tertiary/aromatic N) is 1. The Bertz CT molecular complexity index is 219. The Labute approximate surface area is 121 Å². The molecule has 1 unspecified atom stereocenters. The predicted molar refractivity (Wildman–Crippen MR) is 85.7 cm³/mol. The molecule has 1 aliphatic carbocycles. The molecule has 0 aliphatic heterocycles. The molecule has 0 aromatic rings. The van der Waals surface area contributed by atoms with E-state index in [9.17, 15) is 0 Å². The Morgan fingerprint density at radius 1 is 1.00 bits per heavy atom. The van der Waals surface area contributed by atoms with Crippen LogP contribution in [0.1, 0.15) is 78.1 Å². The van der Waals surface area contributed by atoms with Gasteiger partial charge in [-0.25, -0.2) is 0 Å². The molecule has 0 spiro atoms. The summed E-state index contributed by atoms with van der Waals surface area (Å²) in [5.74, 6) is 0. The molecule has 114 valence electrons. The van der Waals surface area contributed by atoms with Gasteiger partial charge in [-0.3, -0.25) is 0 Å². The van der Waals surface area contributed by atoms with E-state index in [4.69, 9.17) is 0 Å². The van der Waals surface area contributed by atoms with Crippen molar-refractivity contribution >= 4 is 0 Å². The summed E-state index contributed by atoms with van der Waals surface area (Å²) in [5, 5.41) is 3.81. The highest BCUT2D eigenvalue weighted by atomic mass is 15.2. The number of unbranched alkanes of at least 4 members (excludes halogenated alkanes) is 3. The van der Waals surface area contributed by atoms with Crippen molar-refractivity contribution < 1.29 is 0 Å². The van der Waals surface area contributed by atoms with E-state index in [1.807, 2.05) is 0 Å². The van der Waals surface area contributed by atoms with Crippen LogP contribution in [-0.2, 0) is 0 Å². The molecule has 0 radical (unpaired) electrons. The van der Waals surface area contributed by atoms with E-state index >= 15 is 0 Å². The van der Waals surface area contributed by atoms with Crippen molar-refractivity contribution in [3.63, 3.8) is 0 Å². The molecule has 1 rings (SSSR count). The minimum absolute atomic E-state index is 0.417. The Kier molecular flexibility index (Phi) is 8.01. The minimum Gasteiger partial charge on any atom is -0.312 e. The number of hydrogen-bond donors (Lipinski definition) is 1. The summed E-state index contributed by atoms with van der Waals surface area (Å²) in [7, 11) is 4.59. The third-order valence-electron chi connectivity index (χ3n) is 5.06. The number of rotatable bonds is 9. The van der Waals surface area contributed by atoms with Crippen LogP contribution in [0.3, 0.4) is 0 Å². The second-order valence-corrected chi connectivity index (χ2v) is 6.52. The van der Waals surface area contributed by atoms with Gasteiger partial charge in [0.25, 0.3) is 0 Å². The molecule has 0 aromatic heterocycles. The first kappa shape index (κ1) is 17.0. The standard InChI is InChI=1S/C17H36N2/c1-5-7-8-10-13-16(18-6-2)17(19(3)4)14-11-9-12-15-17/h16,18H,5-15H2,1-4H3. The van der Waals surface area contributed by atoms with Gasteiger partial charge in [-0.1, -0.05) is 58.8 Å². The summed E-state index contributed by atoms with van der Waals surface area (Å²) < 4.78 is 0. The van der Waals surface area contributed by atoms with E-state index < -0.39 is 0 Å². The van der Waals surface area contributed by atoms with Gasteiger partial charge in [0.2, 0.25) is 0 Å². The van der Waals surface area contributed by atoms with Gasteiger partial charge in [-0.2, -0.15) is 0 Å². The fraction of sp³-hybridized carbons (Fsp3) is 1.00. The second kappa shape index (κ2) is 8.97. The molecule has 0 bridgehead atoms. The lowest BCUT2D eigenvalue weighted by Gasteiger charge is -2.49. The Hall–Kier alpha value is -0.0800. The van der Waals surface area contributed by atoms with E-state index in [1.54, 1.807) is 0 Å². The van der Waals surface area contributed by atoms with Crippen LogP contribution < -0.4 is 5.32 Å². The third-order valence-corrected chi connectivity index (χ3v) is 5.06. The second-order valence-electron chi connectivity index (χ2n) is 6.52. The zero-order chi connectivity index (χ0) is 14.1. The molecular formula is C17H36N2. The summed E-state index contributed by atoms with van der Waals surface area (Å²) in [6, 6.07) is 0.685. The molecule has 1 atom stereocenters. The zero-order valence-corrected chi connectivity index (χ0v) is 13.8. The van der Waals surface area contributed by atoms with Crippen molar-refractivity contribution in [2.75, 3.05) is 20.6 Å². The predicted octanol–water partition coefficient (Wildman–Crippen LogP) is 4.20. The fourth-order valence-corrected chi connectivity index (χ4v) is 3.85. The Morgan fingerprint density at radius 2 is 1.68 bits per heavy atom. The smallest absolute Gasteiger partial charge is 0.0356 e. The molecule has 0 heterocycles. The van der Waals surface area contributed by atoms with Crippen molar-refractivity contribution in [2.45, 2.75) is 89.6 Å². The quantitative estimate of drug-likeness (QED) is 0.631. The van der Waals surface area contributed by atoms with E-state index in [2.05, 4.69) is 38.2 Å². The molecule has 19 heavy (non-hydrogen) atoms. The highest BCUT2D eigenvalue weighted by molar-refractivity contribution is 5.00. The molecule has 1 saturated carbocycles. The topological polar surface area (TPSA) is 15.3 Å². The molecule has 0 aromatic carbocycles. The monoisotopic (exact) mass is 268 g/mol. The highest BCUT2D eigenvalue weighted by Crippen LogP contribution is 2.36. The van der Waals surface area contributed by atoms with Crippen molar-refractivity contribution in [1.82, 2.24) is 10.2 Å². The normalized spacial score (nSPS) is 20.7. The third kappa shape index (κ3) is 4.75. The first-order valence-corrected chi connectivity index (χ1v) is 8.58. The van der Waals surface area contributed by atoms with Crippen LogP contribution in [0.5, 0.6) is 0 Å². The molecule has 0 amide bonds. The summed E-state index contributed by atoms with van der Waals surface area (Å²) in [4.78, 5) is 2.53. The zero-order valence-electron chi connectivity index (χ0n) is 13.8. The maximum Gasteiger partial charge on any atom is 0.0356 e. The van der Waals surface area contributed by atoms with Gasteiger partial charge >= 0.3 is 0 Å². The number of likely N-dealkylation sites (N-methyl/N-ethyl adjacent to an activating group) is 2. The summed E-state index contributed by atoms with van der Waals surface area (Å²) in [5.41, 5.74) is 0.417. The van der Waals surface area contributed by atoms with E-state index in [-0.39, 0.29) is 0 Å². The number of nitrogens with one attached hydrogen (secondary N) is 1. The average Bonchev–Trinajstić information content (AvgIpc) is 2.43. The largest absolute Gasteiger partial charge is 0.312 e. The van der Waals surface area contributed by atoms with E-state index in [0.717, 1.165) is 6.54 Å². The van der Waals surface area contributed by atoms with Crippen LogP contribution in [-0.4, -0.2) is 37.1 Å². The summed E-state index contributed by atoms with van der Waals surface area (Å²) in [6.45, 7) is 5.66. The molecule has 2 heteroatoms. The van der Waals surface area contributed by atoms with Gasteiger partial charge in [0.1, 0.15) is 0 Å². The van der Waals surface area contributed by atoms with Crippen molar-refractivity contribution in [2.24, 2.45) is 0 Å². The summed E-state index contributed by atoms with van der Waals surface area (Å²) in [6.07, 6.45) is 13.9. The minimum atomic E-state index is 0.417. The SMILES string of the molecule is CCCCCCC(NCC)C1(N(C)C)CCCCC1. The molecule has 1 fully saturated rings. The van der Waals surface area contributed by atoms with E-state index in [1.165, 1.54) is 64.2 Å². The van der Waals surface area contributed by atoms with Gasteiger partial charge in [0.15, 0.2) is 0 Å². The van der Waals surface area contributed by atoms with Crippen molar-refractivity contribution in [3.8, 4) is 0 Å². The molecule has 1 N–H and O–H groups in total. The molecule has 0 saturated heterocycles. The first-order valence-electron chi connectivity index (χ1n) is 8.58. The Balaban J connectivity index is 2.63. The van der Waals surface area contributed by atoms with Crippen LogP contribution >= 0.6 is 0 Å². The number of hydrogen-bond acceptors (Lipinski definition) is 2. The van der Waals surface area contributed by atoms with Gasteiger partial charge in [-0.15, -0.1) is 0 Å². The van der Waals surface area contributed by atoms with Crippen LogP contribution in [0.2, 0.25) is 0 Å².